The standard InChI is InChI=1S/C19H24N4O2S/c24-18(15-2-1-7-20-14-15)23-9-3-16(4-10-23)22-11-5-17(6-12-22)25-19-21-8-13-26-19/h1-2,7-8,13-14,16-17H,3-6,9-12H2. The van der Waals surface area contributed by atoms with Gasteiger partial charge in [0.1, 0.15) is 6.10 Å². The highest BCUT2D eigenvalue weighted by atomic mass is 32.1. The van der Waals surface area contributed by atoms with E-state index in [9.17, 15) is 4.79 Å². The van der Waals surface area contributed by atoms with Crippen LogP contribution in [0.1, 0.15) is 36.0 Å². The zero-order chi connectivity index (χ0) is 17.8. The van der Waals surface area contributed by atoms with Gasteiger partial charge in [-0.1, -0.05) is 11.3 Å². The number of pyridine rings is 1. The molecule has 2 aromatic heterocycles. The van der Waals surface area contributed by atoms with Gasteiger partial charge < -0.3 is 9.64 Å². The quantitative estimate of drug-likeness (QED) is 0.826. The second kappa shape index (κ2) is 8.14. The van der Waals surface area contributed by atoms with Crippen LogP contribution >= 0.6 is 11.3 Å². The van der Waals surface area contributed by atoms with Crippen LogP contribution in [-0.2, 0) is 0 Å². The molecule has 4 rings (SSSR count). The van der Waals surface area contributed by atoms with Gasteiger partial charge in [-0.25, -0.2) is 4.98 Å². The van der Waals surface area contributed by atoms with Crippen LogP contribution in [0, 0.1) is 0 Å². The molecule has 0 spiro atoms. The average Bonchev–Trinajstić information content (AvgIpc) is 3.22. The predicted molar refractivity (Wildman–Crippen MR) is 100 cm³/mol. The van der Waals surface area contributed by atoms with Crippen LogP contribution in [0.4, 0.5) is 0 Å². The van der Waals surface area contributed by atoms with Gasteiger partial charge in [-0.15, -0.1) is 0 Å². The van der Waals surface area contributed by atoms with Crippen molar-refractivity contribution >= 4 is 17.2 Å². The minimum Gasteiger partial charge on any atom is -0.467 e. The van der Waals surface area contributed by atoms with Crippen LogP contribution in [-0.4, -0.2) is 64.0 Å². The lowest BCUT2D eigenvalue weighted by Crippen LogP contribution is -2.50. The number of piperidine rings is 2. The van der Waals surface area contributed by atoms with E-state index in [0.29, 0.717) is 11.6 Å². The fraction of sp³-hybridized carbons (Fsp3) is 0.526. The molecular weight excluding hydrogens is 348 g/mol. The number of likely N-dealkylation sites (tertiary alicyclic amines) is 2. The Morgan fingerprint density at radius 2 is 1.92 bits per heavy atom. The highest BCUT2D eigenvalue weighted by molar-refractivity contribution is 7.11. The summed E-state index contributed by atoms with van der Waals surface area (Å²) in [6.45, 7) is 3.79. The average molecular weight is 372 g/mol. The smallest absolute Gasteiger partial charge is 0.273 e. The second-order valence-corrected chi connectivity index (χ2v) is 7.77. The zero-order valence-corrected chi connectivity index (χ0v) is 15.6. The molecule has 2 fully saturated rings. The predicted octanol–water partition coefficient (Wildman–Crippen LogP) is 2.69. The molecule has 0 aromatic carbocycles. The number of amides is 1. The molecule has 0 N–H and O–H groups in total. The summed E-state index contributed by atoms with van der Waals surface area (Å²) >= 11 is 1.56. The first-order valence-electron chi connectivity index (χ1n) is 9.29. The molecule has 4 heterocycles. The van der Waals surface area contributed by atoms with Gasteiger partial charge in [0.15, 0.2) is 0 Å². The van der Waals surface area contributed by atoms with Crippen molar-refractivity contribution in [1.82, 2.24) is 19.8 Å². The molecule has 2 aromatic rings. The summed E-state index contributed by atoms with van der Waals surface area (Å²) in [7, 11) is 0. The molecule has 0 saturated carbocycles. The molecular formula is C19H24N4O2S. The molecule has 2 aliphatic rings. The largest absolute Gasteiger partial charge is 0.467 e. The summed E-state index contributed by atoms with van der Waals surface area (Å²) in [6, 6.07) is 4.24. The molecule has 2 saturated heterocycles. The normalized spacial score (nSPS) is 20.2. The molecule has 1 amide bonds. The third-order valence-electron chi connectivity index (χ3n) is 5.33. The minimum absolute atomic E-state index is 0.104. The lowest BCUT2D eigenvalue weighted by molar-refractivity contribution is 0.0425. The summed E-state index contributed by atoms with van der Waals surface area (Å²) in [5.41, 5.74) is 0.686. The van der Waals surface area contributed by atoms with Gasteiger partial charge in [0.2, 0.25) is 0 Å². The molecule has 26 heavy (non-hydrogen) atoms. The molecule has 2 aliphatic heterocycles. The number of aromatic nitrogens is 2. The Labute approximate surface area is 157 Å². The van der Waals surface area contributed by atoms with Crippen LogP contribution in [0.3, 0.4) is 0 Å². The van der Waals surface area contributed by atoms with E-state index in [2.05, 4.69) is 14.9 Å². The third-order valence-corrected chi connectivity index (χ3v) is 5.99. The number of carbonyl (C=O) groups is 1. The molecule has 0 atom stereocenters. The van der Waals surface area contributed by atoms with Crippen molar-refractivity contribution in [2.45, 2.75) is 37.8 Å². The van der Waals surface area contributed by atoms with Gasteiger partial charge in [0.05, 0.1) is 5.56 Å². The lowest BCUT2D eigenvalue weighted by Gasteiger charge is -2.41. The van der Waals surface area contributed by atoms with Crippen molar-refractivity contribution in [3.8, 4) is 5.19 Å². The Kier molecular flexibility index (Phi) is 5.45. The Bertz CT molecular complexity index is 694. The number of ether oxygens (including phenoxy) is 1. The monoisotopic (exact) mass is 372 g/mol. The van der Waals surface area contributed by atoms with E-state index in [1.165, 1.54) is 0 Å². The maximum Gasteiger partial charge on any atom is 0.273 e. The number of hydrogen-bond acceptors (Lipinski definition) is 6. The molecule has 6 nitrogen and oxygen atoms in total. The molecule has 138 valence electrons. The van der Waals surface area contributed by atoms with Crippen LogP contribution in [0.15, 0.2) is 36.1 Å². The summed E-state index contributed by atoms with van der Waals surface area (Å²) in [6.07, 6.45) is 9.61. The Hall–Kier alpha value is -1.99. The summed E-state index contributed by atoms with van der Waals surface area (Å²) in [5.74, 6) is 0.104. The van der Waals surface area contributed by atoms with Crippen molar-refractivity contribution < 1.29 is 9.53 Å². The van der Waals surface area contributed by atoms with E-state index < -0.39 is 0 Å². The summed E-state index contributed by atoms with van der Waals surface area (Å²) in [5, 5.41) is 2.73. The van der Waals surface area contributed by atoms with Crippen molar-refractivity contribution in [3.63, 3.8) is 0 Å². The van der Waals surface area contributed by atoms with Gasteiger partial charge in [-0.2, -0.15) is 0 Å². The van der Waals surface area contributed by atoms with E-state index in [1.807, 2.05) is 22.4 Å². The van der Waals surface area contributed by atoms with E-state index in [-0.39, 0.29) is 12.0 Å². The Morgan fingerprint density at radius 1 is 1.12 bits per heavy atom. The molecule has 0 unspecified atom stereocenters. The van der Waals surface area contributed by atoms with Crippen LogP contribution in [0.2, 0.25) is 0 Å². The Morgan fingerprint density at radius 3 is 2.58 bits per heavy atom. The van der Waals surface area contributed by atoms with E-state index in [0.717, 1.165) is 57.1 Å². The van der Waals surface area contributed by atoms with Crippen molar-refractivity contribution in [1.29, 1.82) is 0 Å². The van der Waals surface area contributed by atoms with Gasteiger partial charge in [-0.3, -0.25) is 14.7 Å². The lowest BCUT2D eigenvalue weighted by atomic mass is 9.98. The SMILES string of the molecule is O=C(c1cccnc1)N1CCC(N2CCC(Oc3nccs3)CC2)CC1. The minimum atomic E-state index is 0.104. The fourth-order valence-corrected chi connectivity index (χ4v) is 4.43. The van der Waals surface area contributed by atoms with Crippen LogP contribution < -0.4 is 4.74 Å². The molecule has 0 radical (unpaired) electrons. The summed E-state index contributed by atoms with van der Waals surface area (Å²) < 4.78 is 5.95. The fourth-order valence-electron chi connectivity index (χ4n) is 3.88. The molecule has 7 heteroatoms. The van der Waals surface area contributed by atoms with Crippen LogP contribution in [0.25, 0.3) is 0 Å². The van der Waals surface area contributed by atoms with Crippen molar-refractivity contribution in [3.05, 3.63) is 41.7 Å². The van der Waals surface area contributed by atoms with E-state index in [1.54, 1.807) is 29.9 Å². The first-order valence-corrected chi connectivity index (χ1v) is 10.2. The van der Waals surface area contributed by atoms with Crippen LogP contribution in [0.5, 0.6) is 5.19 Å². The number of nitrogens with zero attached hydrogens (tertiary/aromatic N) is 4. The second-order valence-electron chi connectivity index (χ2n) is 6.92. The third kappa shape index (κ3) is 4.04. The molecule has 0 aliphatic carbocycles. The first-order chi connectivity index (χ1) is 12.8. The van der Waals surface area contributed by atoms with Gasteiger partial charge >= 0.3 is 0 Å². The highest BCUT2D eigenvalue weighted by Gasteiger charge is 2.30. The van der Waals surface area contributed by atoms with Gasteiger partial charge in [-0.05, 0) is 37.8 Å². The number of thiazole rings is 1. The molecule has 0 bridgehead atoms. The topological polar surface area (TPSA) is 58.6 Å². The van der Waals surface area contributed by atoms with E-state index >= 15 is 0 Å². The van der Waals surface area contributed by atoms with Gasteiger partial charge in [0.25, 0.3) is 11.1 Å². The first kappa shape index (κ1) is 17.4. The number of rotatable bonds is 4. The van der Waals surface area contributed by atoms with E-state index in [4.69, 9.17) is 4.74 Å². The van der Waals surface area contributed by atoms with Gasteiger partial charge in [0, 0.05) is 56.2 Å². The van der Waals surface area contributed by atoms with Crippen molar-refractivity contribution in [2.75, 3.05) is 26.2 Å². The summed E-state index contributed by atoms with van der Waals surface area (Å²) in [4.78, 5) is 25.3. The number of carbonyl (C=O) groups excluding carboxylic acids is 1. The zero-order valence-electron chi connectivity index (χ0n) is 14.8. The number of hydrogen-bond donors (Lipinski definition) is 0. The Balaban J connectivity index is 1.23. The maximum absolute atomic E-state index is 12.5. The maximum atomic E-state index is 12.5. The highest BCUT2D eigenvalue weighted by Crippen LogP contribution is 2.25. The van der Waals surface area contributed by atoms with Crippen molar-refractivity contribution in [2.24, 2.45) is 0 Å².